The molecular formula is C10H10F2N2O2. The summed E-state index contributed by atoms with van der Waals surface area (Å²) in [7, 11) is 0. The summed E-state index contributed by atoms with van der Waals surface area (Å²) < 4.78 is 25.9. The van der Waals surface area contributed by atoms with E-state index in [1.807, 2.05) is 0 Å². The molecule has 16 heavy (non-hydrogen) atoms. The summed E-state index contributed by atoms with van der Waals surface area (Å²) in [5.41, 5.74) is 4.59. The fourth-order valence-corrected chi connectivity index (χ4v) is 1.26. The van der Waals surface area contributed by atoms with Gasteiger partial charge in [-0.3, -0.25) is 0 Å². The van der Waals surface area contributed by atoms with Crippen molar-refractivity contribution in [2.75, 3.05) is 5.73 Å². The number of nitrogen functional groups attached to an aromatic ring is 1. The molecule has 0 fully saturated rings. The number of aliphatic hydroxyl groups excluding tert-OH is 2. The number of anilines is 1. The standard InChI is InChI=1S/C10H10F2N2O2/c11-5-3-6(9(14)7(12)4-5)10(16)8(15)1-2-13/h3-4,8,10,15-16H,1,14H2. The van der Waals surface area contributed by atoms with Crippen molar-refractivity contribution in [1.29, 1.82) is 5.26 Å². The van der Waals surface area contributed by atoms with Gasteiger partial charge < -0.3 is 15.9 Å². The zero-order valence-corrected chi connectivity index (χ0v) is 8.19. The van der Waals surface area contributed by atoms with Crippen LogP contribution in [0.2, 0.25) is 0 Å². The lowest BCUT2D eigenvalue weighted by atomic mass is 10.0. The molecule has 1 rings (SSSR count). The summed E-state index contributed by atoms with van der Waals surface area (Å²) >= 11 is 0. The molecule has 2 atom stereocenters. The Morgan fingerprint density at radius 3 is 2.56 bits per heavy atom. The molecule has 0 aromatic heterocycles. The lowest BCUT2D eigenvalue weighted by molar-refractivity contribution is 0.0218. The van der Waals surface area contributed by atoms with E-state index < -0.39 is 29.5 Å². The number of rotatable bonds is 3. The number of nitriles is 1. The average molecular weight is 228 g/mol. The smallest absolute Gasteiger partial charge is 0.149 e. The monoisotopic (exact) mass is 228 g/mol. The first-order valence-electron chi connectivity index (χ1n) is 4.45. The van der Waals surface area contributed by atoms with Gasteiger partial charge in [-0.25, -0.2) is 8.78 Å². The Balaban J connectivity index is 3.08. The van der Waals surface area contributed by atoms with Gasteiger partial charge in [0.25, 0.3) is 0 Å². The topological polar surface area (TPSA) is 90.3 Å². The summed E-state index contributed by atoms with van der Waals surface area (Å²) in [6.07, 6.45) is -3.39. The molecule has 0 aliphatic rings. The molecule has 1 aromatic carbocycles. The molecule has 0 aliphatic heterocycles. The number of aliphatic hydroxyl groups is 2. The van der Waals surface area contributed by atoms with Crippen LogP contribution < -0.4 is 5.73 Å². The van der Waals surface area contributed by atoms with Crippen molar-refractivity contribution in [2.45, 2.75) is 18.6 Å². The van der Waals surface area contributed by atoms with E-state index in [-0.39, 0.29) is 12.0 Å². The first-order valence-corrected chi connectivity index (χ1v) is 4.45. The van der Waals surface area contributed by atoms with Crippen molar-refractivity contribution in [2.24, 2.45) is 0 Å². The normalized spacial score (nSPS) is 14.2. The number of hydrogen-bond acceptors (Lipinski definition) is 4. The highest BCUT2D eigenvalue weighted by molar-refractivity contribution is 5.49. The molecule has 0 bridgehead atoms. The summed E-state index contributed by atoms with van der Waals surface area (Å²) in [5.74, 6) is -1.93. The number of nitrogens with two attached hydrogens (primary N) is 1. The minimum atomic E-state index is -1.59. The summed E-state index contributed by atoms with van der Waals surface area (Å²) in [6, 6.07) is 3.02. The third kappa shape index (κ3) is 2.45. The minimum Gasteiger partial charge on any atom is -0.396 e. The third-order valence-electron chi connectivity index (χ3n) is 2.11. The van der Waals surface area contributed by atoms with Gasteiger partial charge >= 0.3 is 0 Å². The molecule has 6 heteroatoms. The molecule has 0 saturated heterocycles. The van der Waals surface area contributed by atoms with Crippen LogP contribution in [0.3, 0.4) is 0 Å². The molecule has 86 valence electrons. The first-order chi connectivity index (χ1) is 7.47. The highest BCUT2D eigenvalue weighted by Gasteiger charge is 2.22. The molecule has 0 heterocycles. The van der Waals surface area contributed by atoms with Crippen molar-refractivity contribution in [3.8, 4) is 6.07 Å². The van der Waals surface area contributed by atoms with Crippen LogP contribution in [-0.2, 0) is 0 Å². The van der Waals surface area contributed by atoms with E-state index in [9.17, 15) is 19.0 Å². The maximum Gasteiger partial charge on any atom is 0.149 e. The maximum atomic E-state index is 13.0. The van der Waals surface area contributed by atoms with Crippen LogP contribution in [0.1, 0.15) is 18.1 Å². The number of nitrogens with zero attached hydrogens (tertiary/aromatic N) is 1. The van der Waals surface area contributed by atoms with Gasteiger partial charge in [0.15, 0.2) is 0 Å². The Labute approximate surface area is 90.5 Å². The Morgan fingerprint density at radius 1 is 1.38 bits per heavy atom. The Kier molecular flexibility index (Phi) is 3.77. The maximum absolute atomic E-state index is 13.0. The van der Waals surface area contributed by atoms with Gasteiger partial charge in [-0.2, -0.15) is 5.26 Å². The quantitative estimate of drug-likeness (QED) is 0.669. The van der Waals surface area contributed by atoms with Gasteiger partial charge in [0.1, 0.15) is 17.7 Å². The summed E-state index contributed by atoms with van der Waals surface area (Å²) in [4.78, 5) is 0. The van der Waals surface area contributed by atoms with Crippen LogP contribution >= 0.6 is 0 Å². The number of benzene rings is 1. The van der Waals surface area contributed by atoms with Crippen LogP contribution in [0.4, 0.5) is 14.5 Å². The van der Waals surface area contributed by atoms with Crippen LogP contribution in [0.5, 0.6) is 0 Å². The third-order valence-corrected chi connectivity index (χ3v) is 2.11. The molecule has 0 amide bonds. The van der Waals surface area contributed by atoms with E-state index >= 15 is 0 Å². The zero-order chi connectivity index (χ0) is 12.3. The molecule has 0 radical (unpaired) electrons. The van der Waals surface area contributed by atoms with Crippen molar-refractivity contribution in [3.63, 3.8) is 0 Å². The van der Waals surface area contributed by atoms with E-state index in [1.54, 1.807) is 6.07 Å². The zero-order valence-electron chi connectivity index (χ0n) is 8.19. The lowest BCUT2D eigenvalue weighted by Gasteiger charge is -2.17. The molecule has 4 nitrogen and oxygen atoms in total. The minimum absolute atomic E-state index is 0.264. The van der Waals surface area contributed by atoms with E-state index in [0.717, 1.165) is 6.07 Å². The van der Waals surface area contributed by atoms with Gasteiger partial charge in [0.05, 0.1) is 24.3 Å². The second-order valence-corrected chi connectivity index (χ2v) is 3.26. The van der Waals surface area contributed by atoms with Gasteiger partial charge in [-0.1, -0.05) is 0 Å². The van der Waals surface area contributed by atoms with Crippen molar-refractivity contribution in [3.05, 3.63) is 29.3 Å². The van der Waals surface area contributed by atoms with Crippen LogP contribution in [-0.4, -0.2) is 16.3 Å². The van der Waals surface area contributed by atoms with Crippen molar-refractivity contribution < 1.29 is 19.0 Å². The molecule has 0 spiro atoms. The highest BCUT2D eigenvalue weighted by atomic mass is 19.1. The predicted octanol–water partition coefficient (Wildman–Crippen LogP) is 0.855. The van der Waals surface area contributed by atoms with E-state index in [1.165, 1.54) is 0 Å². The second-order valence-electron chi connectivity index (χ2n) is 3.26. The van der Waals surface area contributed by atoms with Crippen LogP contribution in [0, 0.1) is 23.0 Å². The fourth-order valence-electron chi connectivity index (χ4n) is 1.26. The summed E-state index contributed by atoms with van der Waals surface area (Å²) in [6.45, 7) is 0. The van der Waals surface area contributed by atoms with Crippen molar-refractivity contribution >= 4 is 5.69 Å². The van der Waals surface area contributed by atoms with Crippen molar-refractivity contribution in [1.82, 2.24) is 0 Å². The van der Waals surface area contributed by atoms with Gasteiger partial charge in [0.2, 0.25) is 0 Å². The molecule has 4 N–H and O–H groups in total. The Bertz CT molecular complexity index is 432. The van der Waals surface area contributed by atoms with E-state index in [0.29, 0.717) is 6.07 Å². The highest BCUT2D eigenvalue weighted by Crippen LogP contribution is 2.27. The summed E-state index contributed by atoms with van der Waals surface area (Å²) in [5, 5.41) is 27.2. The van der Waals surface area contributed by atoms with Crippen LogP contribution in [0.25, 0.3) is 0 Å². The molecule has 0 saturated carbocycles. The predicted molar refractivity (Wildman–Crippen MR) is 52.0 cm³/mol. The van der Waals surface area contributed by atoms with Gasteiger partial charge in [-0.15, -0.1) is 0 Å². The van der Waals surface area contributed by atoms with E-state index in [4.69, 9.17) is 11.0 Å². The second kappa shape index (κ2) is 4.88. The Hall–Kier alpha value is -1.71. The van der Waals surface area contributed by atoms with Crippen LogP contribution in [0.15, 0.2) is 12.1 Å². The average Bonchev–Trinajstić information content (AvgIpc) is 2.22. The fraction of sp³-hybridized carbons (Fsp3) is 0.300. The SMILES string of the molecule is N#CCC(O)C(O)c1cc(F)cc(F)c1N. The molecular weight excluding hydrogens is 218 g/mol. The van der Waals surface area contributed by atoms with Gasteiger partial charge in [0, 0.05) is 11.6 Å². The first kappa shape index (κ1) is 12.4. The lowest BCUT2D eigenvalue weighted by Crippen LogP contribution is -2.19. The van der Waals surface area contributed by atoms with E-state index in [2.05, 4.69) is 0 Å². The Morgan fingerprint density at radius 2 is 2.00 bits per heavy atom. The van der Waals surface area contributed by atoms with Gasteiger partial charge in [-0.05, 0) is 6.07 Å². The largest absolute Gasteiger partial charge is 0.396 e. The molecule has 1 aromatic rings. The molecule has 0 aliphatic carbocycles. The number of hydrogen-bond donors (Lipinski definition) is 3. The molecule has 2 unspecified atom stereocenters. The number of halogens is 2.